The number of para-hydroxylation sites is 1. The van der Waals surface area contributed by atoms with Crippen LogP contribution in [-0.4, -0.2) is 11.9 Å². The Labute approximate surface area is 168 Å². The lowest BCUT2D eigenvalue weighted by Crippen LogP contribution is -2.21. The molecule has 0 saturated heterocycles. The van der Waals surface area contributed by atoms with E-state index in [1.165, 1.54) is 24.3 Å². The molecule has 9 heteroatoms. The number of carbonyl (C=O) groups is 2. The van der Waals surface area contributed by atoms with E-state index in [-0.39, 0.29) is 17.0 Å². The number of anilines is 3. The van der Waals surface area contributed by atoms with E-state index in [0.29, 0.717) is 16.5 Å². The highest BCUT2D eigenvalue weighted by Gasteiger charge is 2.22. The maximum absolute atomic E-state index is 13.7. The standard InChI is InChI=1S/C20H12ClF2N3O3/c21-10-4-6-17-15(8-10)25-19(27)12-9-11(5-7-16(12)29-17)24-20(28)26-18-13(22)2-1-3-14(18)23/h1-9H,(H,25,27)(H2,24,26,28). The third kappa shape index (κ3) is 3.83. The summed E-state index contributed by atoms with van der Waals surface area (Å²) in [7, 11) is 0. The van der Waals surface area contributed by atoms with Crippen LogP contribution >= 0.6 is 11.6 Å². The fourth-order valence-corrected chi connectivity index (χ4v) is 2.94. The summed E-state index contributed by atoms with van der Waals surface area (Å²) >= 11 is 5.95. The van der Waals surface area contributed by atoms with Crippen molar-refractivity contribution in [3.8, 4) is 11.5 Å². The molecule has 0 bridgehead atoms. The average molecular weight is 416 g/mol. The summed E-state index contributed by atoms with van der Waals surface area (Å²) in [5.41, 5.74) is 0.210. The van der Waals surface area contributed by atoms with Gasteiger partial charge < -0.3 is 20.7 Å². The monoisotopic (exact) mass is 415 g/mol. The van der Waals surface area contributed by atoms with Crippen molar-refractivity contribution in [1.29, 1.82) is 0 Å². The summed E-state index contributed by atoms with van der Waals surface area (Å²) in [4.78, 5) is 24.7. The first kappa shape index (κ1) is 18.7. The Morgan fingerprint density at radius 1 is 0.966 bits per heavy atom. The zero-order valence-electron chi connectivity index (χ0n) is 14.6. The maximum atomic E-state index is 13.7. The van der Waals surface area contributed by atoms with Crippen molar-refractivity contribution in [3.05, 3.63) is 76.8 Å². The molecular weight excluding hydrogens is 404 g/mol. The minimum absolute atomic E-state index is 0.159. The second kappa shape index (κ2) is 7.40. The number of carbonyl (C=O) groups excluding carboxylic acids is 2. The third-order valence-corrected chi connectivity index (χ3v) is 4.33. The molecule has 1 heterocycles. The number of amides is 3. The normalized spacial score (nSPS) is 12.0. The quantitative estimate of drug-likeness (QED) is 0.508. The molecule has 29 heavy (non-hydrogen) atoms. The fourth-order valence-electron chi connectivity index (χ4n) is 2.76. The fraction of sp³-hybridized carbons (Fsp3) is 0. The Hall–Kier alpha value is -3.65. The van der Waals surface area contributed by atoms with E-state index in [9.17, 15) is 18.4 Å². The average Bonchev–Trinajstić information content (AvgIpc) is 2.80. The largest absolute Gasteiger partial charge is 0.454 e. The number of ether oxygens (including phenoxy) is 1. The Morgan fingerprint density at radius 3 is 2.45 bits per heavy atom. The van der Waals surface area contributed by atoms with Crippen LogP contribution in [0.15, 0.2) is 54.6 Å². The second-order valence-corrected chi connectivity index (χ2v) is 6.52. The van der Waals surface area contributed by atoms with E-state index >= 15 is 0 Å². The van der Waals surface area contributed by atoms with Crippen LogP contribution in [0, 0.1) is 11.6 Å². The molecule has 3 aromatic carbocycles. The van der Waals surface area contributed by atoms with Gasteiger partial charge in [0, 0.05) is 10.7 Å². The highest BCUT2D eigenvalue weighted by Crippen LogP contribution is 2.38. The Balaban J connectivity index is 1.56. The summed E-state index contributed by atoms with van der Waals surface area (Å²) in [5, 5.41) is 7.64. The minimum atomic E-state index is -0.911. The Bertz CT molecular complexity index is 1130. The first-order chi connectivity index (χ1) is 13.9. The molecule has 4 rings (SSSR count). The van der Waals surface area contributed by atoms with Crippen molar-refractivity contribution in [2.75, 3.05) is 16.0 Å². The van der Waals surface area contributed by atoms with Crippen molar-refractivity contribution in [3.63, 3.8) is 0 Å². The van der Waals surface area contributed by atoms with Crippen LogP contribution in [0.25, 0.3) is 0 Å². The van der Waals surface area contributed by atoms with Gasteiger partial charge in [0.25, 0.3) is 5.91 Å². The number of benzene rings is 3. The molecule has 3 amide bonds. The smallest absolute Gasteiger partial charge is 0.323 e. The van der Waals surface area contributed by atoms with Gasteiger partial charge in [-0.3, -0.25) is 4.79 Å². The van der Waals surface area contributed by atoms with E-state index in [2.05, 4.69) is 16.0 Å². The SMILES string of the molecule is O=C(Nc1ccc2c(c1)C(=O)Nc1cc(Cl)ccc1O2)Nc1c(F)cccc1F. The first-order valence-corrected chi connectivity index (χ1v) is 8.73. The van der Waals surface area contributed by atoms with Crippen LogP contribution in [0.3, 0.4) is 0 Å². The number of halogens is 3. The minimum Gasteiger partial charge on any atom is -0.454 e. The van der Waals surface area contributed by atoms with Crippen molar-refractivity contribution in [1.82, 2.24) is 0 Å². The molecule has 3 N–H and O–H groups in total. The van der Waals surface area contributed by atoms with Gasteiger partial charge in [-0.05, 0) is 48.5 Å². The molecule has 3 aromatic rings. The van der Waals surface area contributed by atoms with Crippen LogP contribution in [0.1, 0.15) is 10.4 Å². The van der Waals surface area contributed by atoms with E-state index in [1.54, 1.807) is 18.2 Å². The van der Waals surface area contributed by atoms with Crippen LogP contribution in [0.2, 0.25) is 5.02 Å². The van der Waals surface area contributed by atoms with E-state index < -0.39 is 29.3 Å². The van der Waals surface area contributed by atoms with Crippen molar-refractivity contribution < 1.29 is 23.1 Å². The highest BCUT2D eigenvalue weighted by atomic mass is 35.5. The van der Waals surface area contributed by atoms with Crippen molar-refractivity contribution >= 4 is 40.6 Å². The van der Waals surface area contributed by atoms with Crippen LogP contribution in [0.4, 0.5) is 30.6 Å². The van der Waals surface area contributed by atoms with Gasteiger partial charge in [0.2, 0.25) is 0 Å². The van der Waals surface area contributed by atoms with Gasteiger partial charge in [0.05, 0.1) is 11.3 Å². The van der Waals surface area contributed by atoms with Crippen LogP contribution in [0.5, 0.6) is 11.5 Å². The maximum Gasteiger partial charge on any atom is 0.323 e. The van der Waals surface area contributed by atoms with Gasteiger partial charge in [-0.15, -0.1) is 0 Å². The molecule has 0 saturated carbocycles. The molecule has 0 aromatic heterocycles. The Kier molecular flexibility index (Phi) is 4.77. The Morgan fingerprint density at radius 2 is 1.69 bits per heavy atom. The third-order valence-electron chi connectivity index (χ3n) is 4.09. The zero-order valence-corrected chi connectivity index (χ0v) is 15.3. The molecule has 0 unspecified atom stereocenters. The summed E-state index contributed by atoms with van der Waals surface area (Å²) in [6, 6.07) is 11.5. The molecule has 0 atom stereocenters. The molecular formula is C20H12ClF2N3O3. The van der Waals surface area contributed by atoms with Gasteiger partial charge in [-0.2, -0.15) is 0 Å². The van der Waals surface area contributed by atoms with E-state index in [4.69, 9.17) is 16.3 Å². The molecule has 146 valence electrons. The molecule has 0 aliphatic carbocycles. The molecule has 6 nitrogen and oxygen atoms in total. The predicted molar refractivity (Wildman–Crippen MR) is 105 cm³/mol. The van der Waals surface area contributed by atoms with Crippen LogP contribution in [-0.2, 0) is 0 Å². The molecule has 0 fully saturated rings. The van der Waals surface area contributed by atoms with Gasteiger partial charge >= 0.3 is 6.03 Å². The van der Waals surface area contributed by atoms with Gasteiger partial charge in [-0.25, -0.2) is 13.6 Å². The predicted octanol–water partition coefficient (Wildman–Crippen LogP) is 5.62. The summed E-state index contributed by atoms with van der Waals surface area (Å²) in [6.07, 6.45) is 0. The van der Waals surface area contributed by atoms with E-state index in [0.717, 1.165) is 12.1 Å². The van der Waals surface area contributed by atoms with Gasteiger partial charge in [0.1, 0.15) is 23.1 Å². The molecule has 1 aliphatic heterocycles. The molecule has 0 spiro atoms. The second-order valence-electron chi connectivity index (χ2n) is 6.08. The molecule has 0 radical (unpaired) electrons. The van der Waals surface area contributed by atoms with Gasteiger partial charge in [0.15, 0.2) is 5.75 Å². The van der Waals surface area contributed by atoms with Gasteiger partial charge in [-0.1, -0.05) is 17.7 Å². The lowest BCUT2D eigenvalue weighted by molar-refractivity contribution is 0.102. The number of rotatable bonds is 2. The zero-order chi connectivity index (χ0) is 20.5. The number of nitrogens with one attached hydrogen (secondary N) is 3. The summed E-state index contributed by atoms with van der Waals surface area (Å²) in [5.74, 6) is -1.60. The summed E-state index contributed by atoms with van der Waals surface area (Å²) < 4.78 is 33.1. The number of urea groups is 1. The highest BCUT2D eigenvalue weighted by molar-refractivity contribution is 6.31. The lowest BCUT2D eigenvalue weighted by Gasteiger charge is -2.11. The molecule has 1 aliphatic rings. The first-order valence-electron chi connectivity index (χ1n) is 8.35. The number of fused-ring (bicyclic) bond motifs is 2. The number of hydrogen-bond acceptors (Lipinski definition) is 3. The van der Waals surface area contributed by atoms with E-state index in [1.807, 2.05) is 0 Å². The van der Waals surface area contributed by atoms with Crippen molar-refractivity contribution in [2.45, 2.75) is 0 Å². The number of hydrogen-bond donors (Lipinski definition) is 3. The topological polar surface area (TPSA) is 79.5 Å². The van der Waals surface area contributed by atoms with Crippen LogP contribution < -0.4 is 20.7 Å². The lowest BCUT2D eigenvalue weighted by atomic mass is 10.1. The van der Waals surface area contributed by atoms with Crippen molar-refractivity contribution in [2.24, 2.45) is 0 Å². The summed E-state index contributed by atoms with van der Waals surface area (Å²) in [6.45, 7) is 0.